The van der Waals surface area contributed by atoms with Crippen LogP contribution < -0.4 is 5.32 Å². The van der Waals surface area contributed by atoms with E-state index in [9.17, 15) is 14.7 Å². The van der Waals surface area contributed by atoms with E-state index in [1.54, 1.807) is 19.9 Å². The van der Waals surface area contributed by atoms with Gasteiger partial charge in [-0.3, -0.25) is 4.79 Å². The first-order chi connectivity index (χ1) is 9.74. The maximum absolute atomic E-state index is 12.2. The van der Waals surface area contributed by atoms with E-state index >= 15 is 0 Å². The number of halogens is 1. The second-order valence-corrected chi connectivity index (χ2v) is 6.42. The molecule has 1 fully saturated rings. The van der Waals surface area contributed by atoms with Gasteiger partial charge in [-0.2, -0.15) is 0 Å². The highest BCUT2D eigenvalue weighted by molar-refractivity contribution is 9.10. The van der Waals surface area contributed by atoms with Gasteiger partial charge < -0.3 is 19.6 Å². The van der Waals surface area contributed by atoms with E-state index in [0.29, 0.717) is 11.3 Å². The first-order valence-electron chi connectivity index (χ1n) is 6.67. The number of carboxylic acid groups (broad SMARTS) is 1. The van der Waals surface area contributed by atoms with Crippen LogP contribution in [0.3, 0.4) is 0 Å². The fraction of sp³-hybridized carbons (Fsp3) is 0.571. The first-order valence-corrected chi connectivity index (χ1v) is 7.46. The largest absolute Gasteiger partial charge is 0.479 e. The van der Waals surface area contributed by atoms with E-state index < -0.39 is 22.8 Å². The molecule has 0 spiro atoms. The summed E-state index contributed by atoms with van der Waals surface area (Å²) in [7, 11) is 0. The minimum Gasteiger partial charge on any atom is -0.479 e. The van der Waals surface area contributed by atoms with Gasteiger partial charge in [-0.25, -0.2) is 4.79 Å². The molecule has 0 aromatic carbocycles. The van der Waals surface area contributed by atoms with Crippen molar-refractivity contribution in [2.24, 2.45) is 5.41 Å². The third-order valence-electron chi connectivity index (χ3n) is 4.25. The van der Waals surface area contributed by atoms with Crippen molar-refractivity contribution >= 4 is 27.8 Å². The Morgan fingerprint density at radius 1 is 1.52 bits per heavy atom. The van der Waals surface area contributed by atoms with Gasteiger partial charge in [0.2, 0.25) is 0 Å². The molecule has 1 aromatic rings. The van der Waals surface area contributed by atoms with Crippen LogP contribution in [-0.2, 0) is 9.53 Å². The molecular weight excluding hydrogens is 342 g/mol. The number of furan rings is 1. The van der Waals surface area contributed by atoms with E-state index in [2.05, 4.69) is 21.2 Å². The van der Waals surface area contributed by atoms with Crippen LogP contribution in [0.2, 0.25) is 0 Å². The van der Waals surface area contributed by atoms with Crippen LogP contribution in [0.5, 0.6) is 0 Å². The van der Waals surface area contributed by atoms with Gasteiger partial charge in [0.05, 0.1) is 6.10 Å². The molecule has 1 amide bonds. The molecule has 2 rings (SSSR count). The molecule has 1 aromatic heterocycles. The van der Waals surface area contributed by atoms with Gasteiger partial charge >= 0.3 is 5.97 Å². The summed E-state index contributed by atoms with van der Waals surface area (Å²) in [4.78, 5) is 23.9. The predicted octanol–water partition coefficient (Wildman–Crippen LogP) is 2.43. The van der Waals surface area contributed by atoms with Gasteiger partial charge in [-0.15, -0.1) is 0 Å². The highest BCUT2D eigenvalue weighted by Crippen LogP contribution is 2.51. The van der Waals surface area contributed by atoms with Crippen molar-refractivity contribution in [3.63, 3.8) is 0 Å². The lowest BCUT2D eigenvalue weighted by molar-refractivity contribution is -0.190. The third-order valence-corrected chi connectivity index (χ3v) is 4.68. The number of aliphatic carboxylic acids is 1. The Kier molecular flexibility index (Phi) is 4.17. The molecule has 2 atom stereocenters. The van der Waals surface area contributed by atoms with Gasteiger partial charge in [-0.05, 0) is 35.0 Å². The molecule has 1 aliphatic rings. The number of amides is 1. The molecule has 116 valence electrons. The summed E-state index contributed by atoms with van der Waals surface area (Å²) in [6.07, 6.45) is 0.0267. The lowest BCUT2D eigenvalue weighted by Gasteiger charge is -2.58. The molecule has 0 radical (unpaired) electrons. The third kappa shape index (κ3) is 2.48. The SMILES string of the molecule is CCOC1CC(NC(=O)c2ccc(Br)o2)(C(=O)O)C1(C)C. The smallest absolute Gasteiger partial charge is 0.330 e. The summed E-state index contributed by atoms with van der Waals surface area (Å²) in [5.41, 5.74) is -2.07. The van der Waals surface area contributed by atoms with Crippen molar-refractivity contribution in [1.82, 2.24) is 5.32 Å². The van der Waals surface area contributed by atoms with E-state index in [4.69, 9.17) is 9.15 Å². The average Bonchev–Trinajstić information content (AvgIpc) is 2.83. The van der Waals surface area contributed by atoms with Gasteiger partial charge in [0.15, 0.2) is 10.4 Å². The van der Waals surface area contributed by atoms with Crippen LogP contribution in [0.15, 0.2) is 21.2 Å². The van der Waals surface area contributed by atoms with Crippen molar-refractivity contribution in [2.45, 2.75) is 38.8 Å². The second-order valence-electron chi connectivity index (χ2n) is 5.64. The van der Waals surface area contributed by atoms with Crippen LogP contribution in [0.25, 0.3) is 0 Å². The molecule has 1 aliphatic carbocycles. The normalized spacial score (nSPS) is 27.0. The Morgan fingerprint density at radius 2 is 2.19 bits per heavy atom. The summed E-state index contributed by atoms with van der Waals surface area (Å²) < 4.78 is 11.1. The highest BCUT2D eigenvalue weighted by atomic mass is 79.9. The molecule has 0 bridgehead atoms. The molecule has 2 N–H and O–H groups in total. The number of carboxylic acids is 1. The van der Waals surface area contributed by atoms with Gasteiger partial charge in [0.1, 0.15) is 5.54 Å². The number of nitrogens with one attached hydrogen (secondary N) is 1. The van der Waals surface area contributed by atoms with Crippen LogP contribution in [0, 0.1) is 5.41 Å². The molecular formula is C14H18BrNO5. The van der Waals surface area contributed by atoms with Gasteiger partial charge in [-0.1, -0.05) is 13.8 Å². The average molecular weight is 360 g/mol. The second kappa shape index (κ2) is 5.46. The minimum atomic E-state index is -1.36. The highest BCUT2D eigenvalue weighted by Gasteiger charge is 2.66. The fourth-order valence-electron chi connectivity index (χ4n) is 2.73. The molecule has 7 heteroatoms. The quantitative estimate of drug-likeness (QED) is 0.842. The lowest BCUT2D eigenvalue weighted by atomic mass is 9.54. The molecule has 6 nitrogen and oxygen atoms in total. The summed E-state index contributed by atoms with van der Waals surface area (Å²) in [6.45, 7) is 5.92. The minimum absolute atomic E-state index is 0.0677. The van der Waals surface area contributed by atoms with Crippen LogP contribution >= 0.6 is 15.9 Å². The van der Waals surface area contributed by atoms with Gasteiger partial charge in [0.25, 0.3) is 5.91 Å². The zero-order chi connectivity index (χ0) is 15.8. The number of ether oxygens (including phenoxy) is 1. The summed E-state index contributed by atoms with van der Waals surface area (Å²) in [5.74, 6) is -1.55. The van der Waals surface area contributed by atoms with E-state index in [-0.39, 0.29) is 18.3 Å². The Hall–Kier alpha value is -1.34. The standard InChI is InChI=1S/C14H18BrNO5/c1-4-20-9-7-14(12(18)19,13(9,2)3)16-11(17)8-5-6-10(15)21-8/h5-6,9H,4,7H2,1-3H3,(H,16,17)(H,18,19). The van der Waals surface area contributed by atoms with Crippen molar-refractivity contribution in [2.75, 3.05) is 6.61 Å². The zero-order valence-corrected chi connectivity index (χ0v) is 13.7. The molecule has 0 saturated heterocycles. The molecule has 2 unspecified atom stereocenters. The number of carbonyl (C=O) groups excluding carboxylic acids is 1. The van der Waals surface area contributed by atoms with Crippen molar-refractivity contribution in [1.29, 1.82) is 0 Å². The van der Waals surface area contributed by atoms with Crippen molar-refractivity contribution in [3.05, 3.63) is 22.6 Å². The Bertz CT molecular complexity index is 567. The molecule has 1 heterocycles. The van der Waals surface area contributed by atoms with Gasteiger partial charge in [0, 0.05) is 18.4 Å². The first kappa shape index (κ1) is 16.0. The summed E-state index contributed by atoms with van der Waals surface area (Å²) in [5, 5.41) is 12.2. The van der Waals surface area contributed by atoms with Crippen LogP contribution in [0.4, 0.5) is 0 Å². The Balaban J connectivity index is 2.22. The maximum atomic E-state index is 12.2. The molecule has 21 heavy (non-hydrogen) atoms. The predicted molar refractivity (Wildman–Crippen MR) is 78.1 cm³/mol. The van der Waals surface area contributed by atoms with Crippen LogP contribution in [0.1, 0.15) is 37.7 Å². The maximum Gasteiger partial charge on any atom is 0.330 e. The monoisotopic (exact) mass is 359 g/mol. The molecule has 1 saturated carbocycles. The summed E-state index contributed by atoms with van der Waals surface area (Å²) in [6, 6.07) is 3.07. The fourth-order valence-corrected chi connectivity index (χ4v) is 3.04. The Labute approximate surface area is 131 Å². The van der Waals surface area contributed by atoms with Crippen LogP contribution in [-0.4, -0.2) is 35.2 Å². The Morgan fingerprint density at radius 3 is 2.62 bits per heavy atom. The van der Waals surface area contributed by atoms with Crippen molar-refractivity contribution < 1.29 is 23.8 Å². The number of hydrogen-bond acceptors (Lipinski definition) is 4. The van der Waals surface area contributed by atoms with E-state index in [1.165, 1.54) is 6.07 Å². The number of rotatable bonds is 5. The lowest BCUT2D eigenvalue weighted by Crippen LogP contribution is -2.76. The number of hydrogen-bond donors (Lipinski definition) is 2. The molecule has 0 aliphatic heterocycles. The number of carbonyl (C=O) groups is 2. The van der Waals surface area contributed by atoms with E-state index in [1.807, 2.05) is 6.92 Å². The zero-order valence-electron chi connectivity index (χ0n) is 12.1. The topological polar surface area (TPSA) is 88.8 Å². The summed E-state index contributed by atoms with van der Waals surface area (Å²) >= 11 is 3.11. The van der Waals surface area contributed by atoms with Crippen molar-refractivity contribution in [3.8, 4) is 0 Å². The van der Waals surface area contributed by atoms with E-state index in [0.717, 1.165) is 0 Å².